The van der Waals surface area contributed by atoms with Gasteiger partial charge in [-0.2, -0.15) is 0 Å². The normalized spacial score (nSPS) is 19.6. The van der Waals surface area contributed by atoms with E-state index in [1.807, 2.05) is 0 Å². The summed E-state index contributed by atoms with van der Waals surface area (Å²) in [7, 11) is -3.62. The van der Waals surface area contributed by atoms with Crippen LogP contribution >= 0.6 is 11.6 Å². The van der Waals surface area contributed by atoms with Crippen LogP contribution in [0.2, 0.25) is 5.02 Å². The second-order valence-electron chi connectivity index (χ2n) is 5.14. The van der Waals surface area contributed by atoms with Gasteiger partial charge in [0.2, 0.25) is 10.0 Å². The van der Waals surface area contributed by atoms with Crippen LogP contribution in [-0.4, -0.2) is 27.7 Å². The summed E-state index contributed by atoms with van der Waals surface area (Å²) in [6.07, 6.45) is 4.04. The van der Waals surface area contributed by atoms with Crippen molar-refractivity contribution in [3.63, 3.8) is 0 Å². The molecule has 0 aliphatic carbocycles. The minimum atomic E-state index is -3.62. The van der Waals surface area contributed by atoms with E-state index in [1.165, 1.54) is 6.07 Å². The van der Waals surface area contributed by atoms with Crippen LogP contribution in [0.1, 0.15) is 31.2 Å². The molecule has 7 heteroatoms. The lowest BCUT2D eigenvalue weighted by Crippen LogP contribution is -2.29. The first-order valence-electron chi connectivity index (χ1n) is 7.12. The standard InChI is InChI=1S/C14H21ClN2O3S/c15-13-5-4-11(10-16)9-14(13)21(18,19)17-7-6-12-3-1-2-8-20-12/h4-5,9,12,17H,1-3,6-8,10,16H2. The van der Waals surface area contributed by atoms with Gasteiger partial charge in [0.25, 0.3) is 0 Å². The minimum absolute atomic E-state index is 0.0803. The van der Waals surface area contributed by atoms with Crippen LogP contribution in [0.5, 0.6) is 0 Å². The molecule has 1 aromatic carbocycles. The van der Waals surface area contributed by atoms with Crippen LogP contribution in [0.15, 0.2) is 23.1 Å². The van der Waals surface area contributed by atoms with Gasteiger partial charge in [-0.15, -0.1) is 0 Å². The van der Waals surface area contributed by atoms with E-state index < -0.39 is 10.0 Å². The van der Waals surface area contributed by atoms with E-state index in [1.54, 1.807) is 12.1 Å². The number of hydrogen-bond donors (Lipinski definition) is 2. The number of nitrogens with two attached hydrogens (primary N) is 1. The van der Waals surface area contributed by atoms with Gasteiger partial charge < -0.3 is 10.5 Å². The van der Waals surface area contributed by atoms with Gasteiger partial charge in [-0.25, -0.2) is 13.1 Å². The van der Waals surface area contributed by atoms with Crippen LogP contribution in [0.25, 0.3) is 0 Å². The lowest BCUT2D eigenvalue weighted by Gasteiger charge is -2.22. The van der Waals surface area contributed by atoms with E-state index in [9.17, 15) is 8.42 Å². The molecule has 0 radical (unpaired) electrons. The first-order chi connectivity index (χ1) is 10.0. The predicted octanol–water partition coefficient (Wildman–Crippen LogP) is 2.04. The molecule has 1 aliphatic rings. The van der Waals surface area contributed by atoms with Gasteiger partial charge in [0.05, 0.1) is 11.1 Å². The Bertz CT molecular complexity index is 572. The third-order valence-electron chi connectivity index (χ3n) is 3.55. The Morgan fingerprint density at radius 3 is 2.86 bits per heavy atom. The number of sulfonamides is 1. The van der Waals surface area contributed by atoms with Gasteiger partial charge in [-0.1, -0.05) is 17.7 Å². The summed E-state index contributed by atoms with van der Waals surface area (Å²) >= 11 is 5.98. The van der Waals surface area contributed by atoms with Gasteiger partial charge in [0, 0.05) is 19.7 Å². The van der Waals surface area contributed by atoms with Crippen molar-refractivity contribution in [1.82, 2.24) is 4.72 Å². The third-order valence-corrected chi connectivity index (χ3v) is 5.50. The molecule has 1 heterocycles. The summed E-state index contributed by atoms with van der Waals surface area (Å²) in [5, 5.41) is 0.202. The lowest BCUT2D eigenvalue weighted by atomic mass is 10.1. The van der Waals surface area contributed by atoms with Crippen molar-refractivity contribution in [2.75, 3.05) is 13.2 Å². The summed E-state index contributed by atoms with van der Waals surface area (Å²) in [5.74, 6) is 0. The molecule has 5 nitrogen and oxygen atoms in total. The molecule has 1 fully saturated rings. The van der Waals surface area contributed by atoms with Crippen molar-refractivity contribution in [3.05, 3.63) is 28.8 Å². The number of rotatable bonds is 6. The van der Waals surface area contributed by atoms with E-state index in [-0.39, 0.29) is 22.6 Å². The highest BCUT2D eigenvalue weighted by atomic mass is 35.5. The fraction of sp³-hybridized carbons (Fsp3) is 0.571. The lowest BCUT2D eigenvalue weighted by molar-refractivity contribution is 0.0123. The molecule has 0 spiro atoms. The molecule has 1 unspecified atom stereocenters. The molecular weight excluding hydrogens is 312 g/mol. The molecule has 1 aliphatic heterocycles. The van der Waals surface area contributed by atoms with Crippen LogP contribution in [0, 0.1) is 0 Å². The van der Waals surface area contributed by atoms with Crippen LogP contribution in [-0.2, 0) is 21.3 Å². The van der Waals surface area contributed by atoms with Gasteiger partial charge in [0.15, 0.2) is 0 Å². The zero-order valence-corrected chi connectivity index (χ0v) is 13.4. The fourth-order valence-corrected chi connectivity index (χ4v) is 3.94. The fourth-order valence-electron chi connectivity index (χ4n) is 2.35. The minimum Gasteiger partial charge on any atom is -0.378 e. The Labute approximate surface area is 130 Å². The first kappa shape index (κ1) is 16.7. The number of benzene rings is 1. The molecular formula is C14H21ClN2O3S. The Kier molecular flexibility index (Phi) is 6.01. The summed E-state index contributed by atoms with van der Waals surface area (Å²) in [6.45, 7) is 1.38. The number of halogens is 1. The van der Waals surface area contributed by atoms with E-state index in [2.05, 4.69) is 4.72 Å². The smallest absolute Gasteiger partial charge is 0.242 e. The SMILES string of the molecule is NCc1ccc(Cl)c(S(=O)(=O)NCCC2CCCCO2)c1. The Balaban J connectivity index is 1.97. The van der Waals surface area contributed by atoms with Crippen molar-refractivity contribution < 1.29 is 13.2 Å². The summed E-state index contributed by atoms with van der Waals surface area (Å²) in [6, 6.07) is 4.79. The van der Waals surface area contributed by atoms with Crippen molar-refractivity contribution in [1.29, 1.82) is 0 Å². The quantitative estimate of drug-likeness (QED) is 0.835. The van der Waals surface area contributed by atoms with E-state index in [0.29, 0.717) is 13.0 Å². The van der Waals surface area contributed by atoms with E-state index in [0.717, 1.165) is 31.4 Å². The second kappa shape index (κ2) is 7.56. The van der Waals surface area contributed by atoms with Crippen molar-refractivity contribution in [2.24, 2.45) is 5.73 Å². The summed E-state index contributed by atoms with van der Waals surface area (Å²) in [5.41, 5.74) is 6.27. The highest BCUT2D eigenvalue weighted by molar-refractivity contribution is 7.89. The maximum atomic E-state index is 12.3. The van der Waals surface area contributed by atoms with E-state index >= 15 is 0 Å². The molecule has 21 heavy (non-hydrogen) atoms. The average molecular weight is 333 g/mol. The molecule has 0 amide bonds. The molecule has 0 saturated carbocycles. The molecule has 2 rings (SSSR count). The van der Waals surface area contributed by atoms with Crippen molar-refractivity contribution >= 4 is 21.6 Å². The van der Waals surface area contributed by atoms with Crippen LogP contribution < -0.4 is 10.5 Å². The van der Waals surface area contributed by atoms with Crippen LogP contribution in [0.4, 0.5) is 0 Å². The molecule has 118 valence electrons. The zero-order chi connectivity index (χ0) is 15.3. The number of ether oxygens (including phenoxy) is 1. The molecule has 0 bridgehead atoms. The zero-order valence-electron chi connectivity index (χ0n) is 11.8. The Hall–Kier alpha value is -0.660. The molecule has 1 atom stereocenters. The van der Waals surface area contributed by atoms with Gasteiger partial charge in [0.1, 0.15) is 4.90 Å². The highest BCUT2D eigenvalue weighted by Gasteiger charge is 2.19. The first-order valence-corrected chi connectivity index (χ1v) is 8.99. The second-order valence-corrected chi connectivity index (χ2v) is 7.29. The van der Waals surface area contributed by atoms with Crippen molar-refractivity contribution in [3.8, 4) is 0 Å². The third kappa shape index (κ3) is 4.66. The molecule has 1 saturated heterocycles. The highest BCUT2D eigenvalue weighted by Crippen LogP contribution is 2.22. The van der Waals surface area contributed by atoms with Crippen LogP contribution in [0.3, 0.4) is 0 Å². The summed E-state index contributed by atoms with van der Waals surface area (Å²) in [4.78, 5) is 0.0803. The largest absolute Gasteiger partial charge is 0.378 e. The molecule has 1 aromatic rings. The topological polar surface area (TPSA) is 81.4 Å². The number of hydrogen-bond acceptors (Lipinski definition) is 4. The monoisotopic (exact) mass is 332 g/mol. The molecule has 0 aromatic heterocycles. The Morgan fingerprint density at radius 2 is 2.19 bits per heavy atom. The summed E-state index contributed by atoms with van der Waals surface area (Å²) < 4.78 is 32.7. The van der Waals surface area contributed by atoms with Gasteiger partial charge in [-0.3, -0.25) is 0 Å². The van der Waals surface area contributed by atoms with Gasteiger partial charge in [-0.05, 0) is 43.4 Å². The maximum Gasteiger partial charge on any atom is 0.242 e. The predicted molar refractivity (Wildman–Crippen MR) is 82.7 cm³/mol. The van der Waals surface area contributed by atoms with Crippen molar-refractivity contribution in [2.45, 2.75) is 43.2 Å². The Morgan fingerprint density at radius 1 is 1.38 bits per heavy atom. The molecule has 3 N–H and O–H groups in total. The number of nitrogens with one attached hydrogen (secondary N) is 1. The van der Waals surface area contributed by atoms with E-state index in [4.69, 9.17) is 22.1 Å². The maximum absolute atomic E-state index is 12.3. The van der Waals surface area contributed by atoms with Gasteiger partial charge >= 0.3 is 0 Å². The average Bonchev–Trinajstić information content (AvgIpc) is 2.48.